The summed E-state index contributed by atoms with van der Waals surface area (Å²) in [6, 6.07) is 8.76. The second kappa shape index (κ2) is 7.17. The van der Waals surface area contributed by atoms with Gasteiger partial charge in [-0.2, -0.15) is 0 Å². The Morgan fingerprint density at radius 3 is 2.93 bits per heavy atom. The second-order valence-corrected chi connectivity index (χ2v) is 7.78. The first kappa shape index (κ1) is 17.8. The fraction of sp³-hybridized carbons (Fsp3) is 0.211. The van der Waals surface area contributed by atoms with Crippen LogP contribution in [0.4, 0.5) is 11.4 Å². The number of carbonyl (C=O) groups is 2. The molecule has 0 radical (unpaired) electrons. The molecule has 0 unspecified atom stereocenters. The molecule has 1 aliphatic heterocycles. The molecule has 1 aliphatic rings. The van der Waals surface area contributed by atoms with Gasteiger partial charge in [-0.3, -0.25) is 9.59 Å². The number of anilines is 2. The number of nitrogens with one attached hydrogen (secondary N) is 1. The number of aromatic nitrogens is 1. The van der Waals surface area contributed by atoms with Gasteiger partial charge < -0.3 is 14.6 Å². The van der Waals surface area contributed by atoms with Gasteiger partial charge in [0.2, 0.25) is 5.91 Å². The molecule has 3 aromatic rings. The zero-order valence-corrected chi connectivity index (χ0v) is 16.1. The molecular formula is C19H16ClN3O3S. The van der Waals surface area contributed by atoms with Crippen LogP contribution >= 0.6 is 22.9 Å². The molecule has 4 rings (SSSR count). The van der Waals surface area contributed by atoms with Crippen LogP contribution in [-0.2, 0) is 4.79 Å². The van der Waals surface area contributed by atoms with Crippen LogP contribution in [0, 0.1) is 6.92 Å². The lowest BCUT2D eigenvalue weighted by molar-refractivity contribution is -0.117. The molecule has 8 heteroatoms. The zero-order chi connectivity index (χ0) is 19.0. The highest BCUT2D eigenvalue weighted by Gasteiger charge is 2.23. The van der Waals surface area contributed by atoms with Crippen molar-refractivity contribution in [2.24, 2.45) is 0 Å². The summed E-state index contributed by atoms with van der Waals surface area (Å²) in [5.74, 6) is 0.344. The third kappa shape index (κ3) is 3.48. The van der Waals surface area contributed by atoms with Gasteiger partial charge in [0.1, 0.15) is 5.69 Å². The van der Waals surface area contributed by atoms with Gasteiger partial charge in [-0.25, -0.2) is 4.98 Å². The first-order chi connectivity index (χ1) is 13.0. The maximum Gasteiger partial charge on any atom is 0.275 e. The number of aryl methyl sites for hydroxylation is 1. The first-order valence-electron chi connectivity index (χ1n) is 8.45. The van der Waals surface area contributed by atoms with Gasteiger partial charge in [0.15, 0.2) is 10.8 Å². The molecule has 0 saturated carbocycles. The number of halogens is 1. The predicted octanol–water partition coefficient (Wildman–Crippen LogP) is 4.74. The quantitative estimate of drug-likeness (QED) is 0.684. The third-order valence-corrected chi connectivity index (χ3v) is 5.64. The summed E-state index contributed by atoms with van der Waals surface area (Å²) >= 11 is 7.63. The molecule has 2 amide bonds. The Balaban J connectivity index is 1.59. The van der Waals surface area contributed by atoms with Crippen LogP contribution in [0.5, 0.6) is 0 Å². The van der Waals surface area contributed by atoms with E-state index in [9.17, 15) is 9.59 Å². The van der Waals surface area contributed by atoms with E-state index in [4.69, 9.17) is 16.0 Å². The molecular weight excluding hydrogens is 386 g/mol. The number of thiazole rings is 1. The van der Waals surface area contributed by atoms with Crippen LogP contribution in [-0.4, -0.2) is 23.3 Å². The average Bonchev–Trinajstić information content (AvgIpc) is 3.37. The number of furan rings is 1. The highest BCUT2D eigenvalue weighted by Crippen LogP contribution is 2.32. The first-order valence-corrected chi connectivity index (χ1v) is 9.65. The van der Waals surface area contributed by atoms with E-state index in [1.165, 1.54) is 11.3 Å². The van der Waals surface area contributed by atoms with Crippen LogP contribution in [0.3, 0.4) is 0 Å². The van der Waals surface area contributed by atoms with Crippen molar-refractivity contribution in [1.29, 1.82) is 0 Å². The number of carbonyl (C=O) groups excluding carboxylic acids is 2. The molecule has 1 N–H and O–H groups in total. The maximum absolute atomic E-state index is 12.7. The molecule has 0 aliphatic carbocycles. The summed E-state index contributed by atoms with van der Waals surface area (Å²) in [6.07, 6.45) is 2.94. The zero-order valence-electron chi connectivity index (χ0n) is 14.5. The third-order valence-electron chi connectivity index (χ3n) is 4.33. The number of amides is 2. The van der Waals surface area contributed by atoms with Gasteiger partial charge in [0.05, 0.1) is 17.0 Å². The summed E-state index contributed by atoms with van der Waals surface area (Å²) in [6.45, 7) is 2.51. The molecule has 138 valence electrons. The predicted molar refractivity (Wildman–Crippen MR) is 106 cm³/mol. The monoisotopic (exact) mass is 401 g/mol. The highest BCUT2D eigenvalue weighted by molar-refractivity contribution is 7.15. The summed E-state index contributed by atoms with van der Waals surface area (Å²) in [4.78, 5) is 31.6. The van der Waals surface area contributed by atoms with E-state index in [1.807, 2.05) is 6.92 Å². The van der Waals surface area contributed by atoms with Crippen molar-refractivity contribution >= 4 is 46.1 Å². The van der Waals surface area contributed by atoms with E-state index in [0.717, 1.165) is 17.0 Å². The van der Waals surface area contributed by atoms with Crippen LogP contribution in [0.1, 0.15) is 28.2 Å². The molecule has 1 saturated heterocycles. The summed E-state index contributed by atoms with van der Waals surface area (Å²) in [5.41, 5.74) is 1.50. The number of hydrogen-bond acceptors (Lipinski definition) is 5. The van der Waals surface area contributed by atoms with E-state index in [1.54, 1.807) is 41.5 Å². The van der Waals surface area contributed by atoms with Gasteiger partial charge in [0, 0.05) is 23.5 Å². The van der Waals surface area contributed by atoms with Crippen molar-refractivity contribution in [3.8, 4) is 10.8 Å². The molecule has 27 heavy (non-hydrogen) atoms. The Hall–Kier alpha value is -2.64. The van der Waals surface area contributed by atoms with Gasteiger partial charge in [0.25, 0.3) is 5.91 Å². The normalized spacial score (nSPS) is 14.0. The van der Waals surface area contributed by atoms with Crippen LogP contribution in [0.15, 0.2) is 41.0 Å². The van der Waals surface area contributed by atoms with Crippen LogP contribution < -0.4 is 10.2 Å². The number of rotatable bonds is 4. The second-order valence-electron chi connectivity index (χ2n) is 6.17. The molecule has 0 spiro atoms. The van der Waals surface area contributed by atoms with Gasteiger partial charge in [-0.15, -0.1) is 11.3 Å². The Morgan fingerprint density at radius 2 is 2.22 bits per heavy atom. The smallest absolute Gasteiger partial charge is 0.275 e. The van der Waals surface area contributed by atoms with Crippen LogP contribution in [0.25, 0.3) is 10.8 Å². The molecule has 1 aromatic carbocycles. The minimum atomic E-state index is -0.353. The Labute approximate surface area is 164 Å². The van der Waals surface area contributed by atoms with Gasteiger partial charge >= 0.3 is 0 Å². The van der Waals surface area contributed by atoms with Crippen molar-refractivity contribution in [2.75, 3.05) is 16.8 Å². The lowest BCUT2D eigenvalue weighted by atomic mass is 10.2. The maximum atomic E-state index is 12.7. The largest absolute Gasteiger partial charge is 0.462 e. The molecule has 1 fully saturated rings. The van der Waals surface area contributed by atoms with Crippen molar-refractivity contribution in [3.63, 3.8) is 0 Å². The number of nitrogens with zero attached hydrogens (tertiary/aromatic N) is 2. The lowest BCUT2D eigenvalue weighted by Gasteiger charge is -2.17. The van der Waals surface area contributed by atoms with Crippen molar-refractivity contribution < 1.29 is 14.0 Å². The van der Waals surface area contributed by atoms with E-state index in [2.05, 4.69) is 10.3 Å². The van der Waals surface area contributed by atoms with Crippen molar-refractivity contribution in [2.45, 2.75) is 19.8 Å². The SMILES string of the molecule is Cc1sc(-c2ccco2)nc1C(=O)Nc1cc(N2CCCC2=O)ccc1Cl. The fourth-order valence-corrected chi connectivity index (χ4v) is 4.04. The molecule has 6 nitrogen and oxygen atoms in total. The summed E-state index contributed by atoms with van der Waals surface area (Å²) < 4.78 is 5.35. The minimum absolute atomic E-state index is 0.0769. The van der Waals surface area contributed by atoms with E-state index < -0.39 is 0 Å². The summed E-state index contributed by atoms with van der Waals surface area (Å²) in [7, 11) is 0. The standard InChI is InChI=1S/C19H16ClN3O3S/c1-11-17(22-19(27-11)15-4-3-9-26-15)18(25)21-14-10-12(6-7-13(14)20)23-8-2-5-16(23)24/h3-4,6-7,9-10H,2,5,8H2,1H3,(H,21,25). The van der Waals surface area contributed by atoms with Crippen molar-refractivity contribution in [3.05, 3.63) is 52.2 Å². The van der Waals surface area contributed by atoms with E-state index in [-0.39, 0.29) is 11.8 Å². The minimum Gasteiger partial charge on any atom is -0.462 e. The Bertz CT molecular complexity index is 1010. The molecule has 3 heterocycles. The molecule has 0 bridgehead atoms. The van der Waals surface area contributed by atoms with Crippen LogP contribution in [0.2, 0.25) is 5.02 Å². The van der Waals surface area contributed by atoms with Gasteiger partial charge in [-0.1, -0.05) is 11.6 Å². The topological polar surface area (TPSA) is 75.4 Å². The fourth-order valence-electron chi connectivity index (χ4n) is 2.99. The highest BCUT2D eigenvalue weighted by atomic mass is 35.5. The average molecular weight is 402 g/mol. The Kier molecular flexibility index (Phi) is 4.72. The molecule has 2 aromatic heterocycles. The Morgan fingerprint density at radius 1 is 1.37 bits per heavy atom. The van der Waals surface area contributed by atoms with E-state index in [0.29, 0.717) is 40.1 Å². The lowest BCUT2D eigenvalue weighted by Crippen LogP contribution is -2.24. The molecule has 0 atom stereocenters. The van der Waals surface area contributed by atoms with E-state index >= 15 is 0 Å². The van der Waals surface area contributed by atoms with Crippen molar-refractivity contribution in [1.82, 2.24) is 4.98 Å². The summed E-state index contributed by atoms with van der Waals surface area (Å²) in [5, 5.41) is 3.85. The number of hydrogen-bond donors (Lipinski definition) is 1. The van der Waals surface area contributed by atoms with Gasteiger partial charge in [-0.05, 0) is 43.7 Å². The number of benzene rings is 1.